The van der Waals surface area contributed by atoms with E-state index in [1.807, 2.05) is 67.1 Å². The molecule has 106 valence electrons. The van der Waals surface area contributed by atoms with Gasteiger partial charge in [0.15, 0.2) is 0 Å². The molecule has 2 rings (SSSR count). The summed E-state index contributed by atoms with van der Waals surface area (Å²) in [5, 5.41) is 7.08. The van der Waals surface area contributed by atoms with Crippen molar-refractivity contribution in [2.45, 2.75) is 13.5 Å². The lowest BCUT2D eigenvalue weighted by Gasteiger charge is -2.16. The molecule has 0 unspecified atom stereocenters. The van der Waals surface area contributed by atoms with Gasteiger partial charge in [0.1, 0.15) is 0 Å². The number of rotatable bonds is 5. The van der Waals surface area contributed by atoms with Crippen LogP contribution in [0.15, 0.2) is 36.5 Å². The van der Waals surface area contributed by atoms with E-state index < -0.39 is 0 Å². The highest BCUT2D eigenvalue weighted by atomic mass is 16.2. The van der Waals surface area contributed by atoms with Gasteiger partial charge in [-0.25, -0.2) is 0 Å². The number of carbonyl (C=O) groups excluding carboxylic acids is 1. The van der Waals surface area contributed by atoms with Crippen LogP contribution in [-0.4, -0.2) is 34.2 Å². The maximum atomic E-state index is 11.9. The van der Waals surface area contributed by atoms with E-state index in [2.05, 4.69) is 10.4 Å². The number of aromatic nitrogens is 2. The van der Waals surface area contributed by atoms with Crippen LogP contribution in [0.3, 0.4) is 0 Å². The summed E-state index contributed by atoms with van der Waals surface area (Å²) in [5.41, 5.74) is 3.09. The maximum Gasteiger partial charge on any atom is 0.238 e. The smallest absolute Gasteiger partial charge is 0.238 e. The van der Waals surface area contributed by atoms with E-state index in [1.165, 1.54) is 0 Å². The Morgan fingerprint density at radius 1 is 1.35 bits per heavy atom. The molecule has 0 radical (unpaired) electrons. The van der Waals surface area contributed by atoms with Gasteiger partial charge in [0.2, 0.25) is 5.91 Å². The molecule has 1 heterocycles. The Morgan fingerprint density at radius 2 is 2.05 bits per heavy atom. The summed E-state index contributed by atoms with van der Waals surface area (Å²) < 4.78 is 1.84. The van der Waals surface area contributed by atoms with Crippen molar-refractivity contribution in [1.29, 1.82) is 0 Å². The minimum atomic E-state index is -0.0137. The molecular weight excluding hydrogens is 252 g/mol. The Bertz CT molecular complexity index is 577. The largest absolute Gasteiger partial charge is 0.325 e. The molecule has 1 amide bonds. The molecule has 5 nitrogen and oxygen atoms in total. The van der Waals surface area contributed by atoms with E-state index in [4.69, 9.17) is 0 Å². The number of amides is 1. The minimum absolute atomic E-state index is 0.0137. The molecule has 1 N–H and O–H groups in total. The number of para-hydroxylation sites is 1. The monoisotopic (exact) mass is 272 g/mol. The van der Waals surface area contributed by atoms with Gasteiger partial charge >= 0.3 is 0 Å². The number of aryl methyl sites for hydroxylation is 1. The molecule has 0 aliphatic rings. The van der Waals surface area contributed by atoms with Crippen molar-refractivity contribution in [3.63, 3.8) is 0 Å². The van der Waals surface area contributed by atoms with Crippen LogP contribution in [0.2, 0.25) is 0 Å². The zero-order valence-electron chi connectivity index (χ0n) is 12.1. The molecule has 0 saturated heterocycles. The zero-order chi connectivity index (χ0) is 14.5. The van der Waals surface area contributed by atoms with E-state index in [9.17, 15) is 4.79 Å². The van der Waals surface area contributed by atoms with Crippen molar-refractivity contribution in [2.24, 2.45) is 7.05 Å². The molecule has 0 fully saturated rings. The van der Waals surface area contributed by atoms with Crippen molar-refractivity contribution in [3.8, 4) is 0 Å². The molecule has 5 heteroatoms. The van der Waals surface area contributed by atoms with Crippen LogP contribution >= 0.6 is 0 Å². The second-order valence-electron chi connectivity index (χ2n) is 4.97. The second kappa shape index (κ2) is 6.34. The standard InChI is InChI=1S/C15H20N4O/c1-12-13(9-16-19(12)3)10-18(2)11-15(20)17-14-7-5-4-6-8-14/h4-9H,10-11H2,1-3H3,(H,17,20). The molecule has 0 aliphatic carbocycles. The van der Waals surface area contributed by atoms with Crippen LogP contribution < -0.4 is 5.32 Å². The molecule has 0 saturated carbocycles. The molecule has 0 spiro atoms. The average Bonchev–Trinajstić information content (AvgIpc) is 2.71. The van der Waals surface area contributed by atoms with Gasteiger partial charge in [-0.1, -0.05) is 18.2 Å². The molecule has 0 bridgehead atoms. The Balaban J connectivity index is 1.87. The fraction of sp³-hybridized carbons (Fsp3) is 0.333. The van der Waals surface area contributed by atoms with Crippen LogP contribution in [-0.2, 0) is 18.4 Å². The molecule has 1 aromatic heterocycles. The third kappa shape index (κ3) is 3.68. The van der Waals surface area contributed by atoms with Crippen LogP contribution in [0.25, 0.3) is 0 Å². The first kappa shape index (κ1) is 14.3. The van der Waals surface area contributed by atoms with E-state index in [0.717, 1.165) is 16.9 Å². The highest BCUT2D eigenvalue weighted by Gasteiger charge is 2.10. The summed E-state index contributed by atoms with van der Waals surface area (Å²) in [4.78, 5) is 13.9. The molecule has 0 atom stereocenters. The van der Waals surface area contributed by atoms with Crippen molar-refractivity contribution in [1.82, 2.24) is 14.7 Å². The van der Waals surface area contributed by atoms with Gasteiger partial charge < -0.3 is 5.32 Å². The van der Waals surface area contributed by atoms with Crippen LogP contribution in [0.1, 0.15) is 11.3 Å². The van der Waals surface area contributed by atoms with Gasteiger partial charge in [0, 0.05) is 30.5 Å². The summed E-state index contributed by atoms with van der Waals surface area (Å²) in [6.45, 7) is 3.09. The minimum Gasteiger partial charge on any atom is -0.325 e. The summed E-state index contributed by atoms with van der Waals surface area (Å²) in [5.74, 6) is -0.0137. The summed E-state index contributed by atoms with van der Waals surface area (Å²) in [7, 11) is 3.85. The van der Waals surface area contributed by atoms with Crippen molar-refractivity contribution in [2.75, 3.05) is 18.9 Å². The number of nitrogens with zero attached hydrogens (tertiary/aromatic N) is 3. The number of hydrogen-bond acceptors (Lipinski definition) is 3. The van der Waals surface area contributed by atoms with Gasteiger partial charge in [-0.15, -0.1) is 0 Å². The first-order chi connectivity index (χ1) is 9.56. The lowest BCUT2D eigenvalue weighted by atomic mass is 10.2. The number of hydrogen-bond donors (Lipinski definition) is 1. The molecule has 1 aromatic carbocycles. The first-order valence-electron chi connectivity index (χ1n) is 6.57. The SMILES string of the molecule is Cc1c(CN(C)CC(=O)Nc2ccccc2)cnn1C. The topological polar surface area (TPSA) is 50.2 Å². The van der Waals surface area contributed by atoms with Gasteiger partial charge in [-0.05, 0) is 26.1 Å². The van der Waals surface area contributed by atoms with E-state index in [1.54, 1.807) is 0 Å². The first-order valence-corrected chi connectivity index (χ1v) is 6.57. The zero-order valence-corrected chi connectivity index (χ0v) is 12.1. The fourth-order valence-corrected chi connectivity index (χ4v) is 2.01. The highest BCUT2D eigenvalue weighted by Crippen LogP contribution is 2.09. The lowest BCUT2D eigenvalue weighted by Crippen LogP contribution is -2.29. The number of anilines is 1. The van der Waals surface area contributed by atoms with E-state index >= 15 is 0 Å². The quantitative estimate of drug-likeness (QED) is 0.903. The Hall–Kier alpha value is -2.14. The second-order valence-corrected chi connectivity index (χ2v) is 4.97. The highest BCUT2D eigenvalue weighted by molar-refractivity contribution is 5.92. The van der Waals surface area contributed by atoms with E-state index in [0.29, 0.717) is 13.1 Å². The maximum absolute atomic E-state index is 11.9. The molecular formula is C15H20N4O. The van der Waals surface area contributed by atoms with Crippen molar-refractivity contribution < 1.29 is 4.79 Å². The van der Waals surface area contributed by atoms with Crippen molar-refractivity contribution >= 4 is 11.6 Å². The number of carbonyl (C=O) groups is 1. The summed E-state index contributed by atoms with van der Waals surface area (Å²) in [6.07, 6.45) is 1.85. The normalized spacial score (nSPS) is 10.8. The van der Waals surface area contributed by atoms with Crippen molar-refractivity contribution in [3.05, 3.63) is 47.8 Å². The number of benzene rings is 1. The number of likely N-dealkylation sites (N-methyl/N-ethyl adjacent to an activating group) is 1. The summed E-state index contributed by atoms with van der Waals surface area (Å²) >= 11 is 0. The van der Waals surface area contributed by atoms with Gasteiger partial charge in [0.05, 0.1) is 12.7 Å². The third-order valence-corrected chi connectivity index (χ3v) is 3.25. The molecule has 2 aromatic rings. The lowest BCUT2D eigenvalue weighted by molar-refractivity contribution is -0.117. The summed E-state index contributed by atoms with van der Waals surface area (Å²) in [6, 6.07) is 9.48. The number of nitrogens with one attached hydrogen (secondary N) is 1. The van der Waals surface area contributed by atoms with Crippen LogP contribution in [0.4, 0.5) is 5.69 Å². The van der Waals surface area contributed by atoms with Gasteiger partial charge in [-0.2, -0.15) is 5.10 Å². The molecule has 0 aliphatic heterocycles. The van der Waals surface area contributed by atoms with Crippen LogP contribution in [0, 0.1) is 6.92 Å². The third-order valence-electron chi connectivity index (χ3n) is 3.25. The van der Waals surface area contributed by atoms with Gasteiger partial charge in [-0.3, -0.25) is 14.4 Å². The average molecular weight is 272 g/mol. The Labute approximate surface area is 119 Å². The van der Waals surface area contributed by atoms with Crippen LogP contribution in [0.5, 0.6) is 0 Å². The van der Waals surface area contributed by atoms with Gasteiger partial charge in [0.25, 0.3) is 0 Å². The predicted octanol–water partition coefficient (Wildman–Crippen LogP) is 1.80. The molecule has 20 heavy (non-hydrogen) atoms. The Kier molecular flexibility index (Phi) is 4.53. The fourth-order valence-electron chi connectivity index (χ4n) is 2.01. The van der Waals surface area contributed by atoms with E-state index in [-0.39, 0.29) is 5.91 Å². The Morgan fingerprint density at radius 3 is 2.65 bits per heavy atom. The predicted molar refractivity (Wildman–Crippen MR) is 79.4 cm³/mol.